The third kappa shape index (κ3) is 4.93. The second-order valence-electron chi connectivity index (χ2n) is 7.40. The molecule has 2 amide bonds. The molecule has 3 N–H and O–H groups in total. The summed E-state index contributed by atoms with van der Waals surface area (Å²) in [7, 11) is 0. The number of non-ortho nitro benzene ring substituents is 1. The fourth-order valence-corrected chi connectivity index (χ4v) is 3.00. The van der Waals surface area contributed by atoms with Crippen LogP contribution in [0, 0.1) is 21.8 Å². The van der Waals surface area contributed by atoms with Crippen LogP contribution in [-0.2, 0) is 0 Å². The molecule has 0 bridgehead atoms. The molecule has 10 nitrogen and oxygen atoms in total. The Morgan fingerprint density at radius 1 is 1.41 bits per heavy atom. The Balaban J connectivity index is 1.66. The molecule has 3 rings (SSSR count). The van der Waals surface area contributed by atoms with Gasteiger partial charge in [0, 0.05) is 30.8 Å². The molecule has 1 aliphatic heterocycles. The summed E-state index contributed by atoms with van der Waals surface area (Å²) in [5, 5.41) is 13.3. The molecule has 1 aliphatic rings. The van der Waals surface area contributed by atoms with Gasteiger partial charge in [0.25, 0.3) is 5.69 Å². The molecule has 29 heavy (non-hydrogen) atoms. The summed E-state index contributed by atoms with van der Waals surface area (Å²) in [6, 6.07) is 4.00. The SMILES string of the molecule is CC(C)(N)[C@@H]1CCN(C(=O)Nc2cc(Oc3ccc([N+](=O)[O-])cc3F)ncn2)C1. The number of nitro benzene ring substituents is 1. The largest absolute Gasteiger partial charge is 0.436 e. The van der Waals surface area contributed by atoms with Crippen LogP contribution in [0.1, 0.15) is 20.3 Å². The van der Waals surface area contributed by atoms with Crippen LogP contribution in [0.4, 0.5) is 20.7 Å². The van der Waals surface area contributed by atoms with E-state index in [2.05, 4.69) is 15.3 Å². The number of nitro groups is 1. The van der Waals surface area contributed by atoms with Crippen LogP contribution in [0.2, 0.25) is 0 Å². The van der Waals surface area contributed by atoms with E-state index in [1.54, 1.807) is 4.90 Å². The molecule has 2 heterocycles. The molecule has 1 aromatic heterocycles. The molecule has 0 unspecified atom stereocenters. The maximum Gasteiger partial charge on any atom is 0.323 e. The zero-order valence-corrected chi connectivity index (χ0v) is 16.0. The summed E-state index contributed by atoms with van der Waals surface area (Å²) in [4.78, 5) is 31.9. The maximum absolute atomic E-state index is 14.0. The summed E-state index contributed by atoms with van der Waals surface area (Å²) in [5.41, 5.74) is 5.35. The molecule has 1 aromatic carbocycles. The number of hydrogen-bond donors (Lipinski definition) is 2. The van der Waals surface area contributed by atoms with Crippen molar-refractivity contribution in [2.45, 2.75) is 25.8 Å². The highest BCUT2D eigenvalue weighted by atomic mass is 19.1. The van der Waals surface area contributed by atoms with Crippen molar-refractivity contribution in [3.05, 3.63) is 46.5 Å². The molecule has 1 fully saturated rings. The van der Waals surface area contributed by atoms with E-state index in [0.29, 0.717) is 13.1 Å². The van der Waals surface area contributed by atoms with Gasteiger partial charge in [-0.05, 0) is 32.3 Å². The minimum Gasteiger partial charge on any atom is -0.436 e. The van der Waals surface area contributed by atoms with Gasteiger partial charge in [0.15, 0.2) is 11.6 Å². The third-order valence-electron chi connectivity index (χ3n) is 4.75. The topological polar surface area (TPSA) is 137 Å². The Morgan fingerprint density at radius 2 is 2.17 bits per heavy atom. The van der Waals surface area contributed by atoms with E-state index < -0.39 is 16.4 Å². The first kappa shape index (κ1) is 20.4. The molecule has 1 atom stereocenters. The number of rotatable bonds is 5. The average molecular weight is 404 g/mol. The van der Waals surface area contributed by atoms with Gasteiger partial charge in [-0.1, -0.05) is 0 Å². The van der Waals surface area contributed by atoms with Gasteiger partial charge in [0.1, 0.15) is 12.1 Å². The lowest BCUT2D eigenvalue weighted by Gasteiger charge is -2.26. The zero-order chi connectivity index (χ0) is 21.2. The smallest absolute Gasteiger partial charge is 0.323 e. The number of ether oxygens (including phenoxy) is 1. The number of aromatic nitrogens is 2. The van der Waals surface area contributed by atoms with Gasteiger partial charge < -0.3 is 15.4 Å². The lowest BCUT2D eigenvalue weighted by Crippen LogP contribution is -2.43. The number of benzene rings is 1. The summed E-state index contributed by atoms with van der Waals surface area (Å²) in [6.45, 7) is 4.99. The second kappa shape index (κ2) is 7.95. The molecule has 0 saturated carbocycles. The monoisotopic (exact) mass is 404 g/mol. The summed E-state index contributed by atoms with van der Waals surface area (Å²) < 4.78 is 19.3. The fraction of sp³-hybridized carbons (Fsp3) is 0.389. The van der Waals surface area contributed by atoms with E-state index in [9.17, 15) is 19.3 Å². The first-order chi connectivity index (χ1) is 13.6. The standard InChI is InChI=1S/C18H21FN6O4/c1-18(2,20)11-5-6-24(9-11)17(26)23-15-8-16(22-10-21-15)29-14-4-3-12(25(27)28)7-13(14)19/h3-4,7-8,10-11H,5-6,9,20H2,1-2H3,(H,21,22,23,26)/t11-/m1/s1. The van der Waals surface area contributed by atoms with Crippen LogP contribution in [0.15, 0.2) is 30.6 Å². The second-order valence-corrected chi connectivity index (χ2v) is 7.40. The predicted octanol–water partition coefficient (Wildman–Crippen LogP) is 2.91. The molecule has 154 valence electrons. The van der Waals surface area contributed by atoms with Crippen molar-refractivity contribution in [2.75, 3.05) is 18.4 Å². The molecule has 0 radical (unpaired) electrons. The zero-order valence-electron chi connectivity index (χ0n) is 16.0. The number of carbonyl (C=O) groups excluding carboxylic acids is 1. The van der Waals surface area contributed by atoms with Gasteiger partial charge in [-0.15, -0.1) is 0 Å². The van der Waals surface area contributed by atoms with Crippen LogP contribution in [0.25, 0.3) is 0 Å². The number of carbonyl (C=O) groups is 1. The van der Waals surface area contributed by atoms with Crippen molar-refractivity contribution >= 4 is 17.5 Å². The summed E-state index contributed by atoms with van der Waals surface area (Å²) in [6.07, 6.45) is 1.97. The van der Waals surface area contributed by atoms with E-state index in [4.69, 9.17) is 10.5 Å². The molecule has 0 spiro atoms. The van der Waals surface area contributed by atoms with Gasteiger partial charge in [0.2, 0.25) is 5.88 Å². The Labute approximate surface area is 166 Å². The maximum atomic E-state index is 14.0. The van der Waals surface area contributed by atoms with Crippen LogP contribution in [0.3, 0.4) is 0 Å². The van der Waals surface area contributed by atoms with Crippen molar-refractivity contribution in [3.8, 4) is 11.6 Å². The van der Waals surface area contributed by atoms with Crippen LogP contribution in [0.5, 0.6) is 11.6 Å². The Bertz CT molecular complexity index is 933. The molecular formula is C18H21FN6O4. The fourth-order valence-electron chi connectivity index (χ4n) is 3.00. The van der Waals surface area contributed by atoms with Crippen molar-refractivity contribution in [1.29, 1.82) is 0 Å². The Morgan fingerprint density at radius 3 is 2.79 bits per heavy atom. The van der Waals surface area contributed by atoms with Crippen molar-refractivity contribution in [3.63, 3.8) is 0 Å². The molecule has 2 aromatic rings. The van der Waals surface area contributed by atoms with E-state index in [1.165, 1.54) is 6.07 Å². The third-order valence-corrected chi connectivity index (χ3v) is 4.75. The summed E-state index contributed by atoms with van der Waals surface area (Å²) >= 11 is 0. The molecular weight excluding hydrogens is 383 g/mol. The number of urea groups is 1. The van der Waals surface area contributed by atoms with Gasteiger partial charge in [-0.2, -0.15) is 0 Å². The van der Waals surface area contributed by atoms with Crippen molar-refractivity contribution in [1.82, 2.24) is 14.9 Å². The number of amides is 2. The van der Waals surface area contributed by atoms with E-state index in [1.807, 2.05) is 13.8 Å². The Kier molecular flexibility index (Phi) is 5.59. The number of nitrogens with one attached hydrogen (secondary N) is 1. The average Bonchev–Trinajstić information content (AvgIpc) is 3.14. The van der Waals surface area contributed by atoms with Crippen molar-refractivity contribution < 1.29 is 18.8 Å². The highest BCUT2D eigenvalue weighted by Gasteiger charge is 2.34. The van der Waals surface area contributed by atoms with Crippen LogP contribution >= 0.6 is 0 Å². The number of hydrogen-bond acceptors (Lipinski definition) is 7. The molecule has 1 saturated heterocycles. The van der Waals surface area contributed by atoms with Gasteiger partial charge >= 0.3 is 6.03 Å². The molecule has 11 heteroatoms. The highest BCUT2D eigenvalue weighted by molar-refractivity contribution is 5.88. The van der Waals surface area contributed by atoms with Crippen LogP contribution in [-0.4, -0.2) is 44.5 Å². The lowest BCUT2D eigenvalue weighted by atomic mass is 9.88. The quantitative estimate of drug-likeness (QED) is 0.577. The Hall–Kier alpha value is -3.34. The minimum absolute atomic E-state index is 0.0227. The number of likely N-dealkylation sites (tertiary alicyclic amines) is 1. The van der Waals surface area contributed by atoms with E-state index >= 15 is 0 Å². The lowest BCUT2D eigenvalue weighted by molar-refractivity contribution is -0.385. The first-order valence-corrected chi connectivity index (χ1v) is 8.92. The first-order valence-electron chi connectivity index (χ1n) is 8.92. The molecule has 0 aliphatic carbocycles. The number of anilines is 1. The minimum atomic E-state index is -0.907. The highest BCUT2D eigenvalue weighted by Crippen LogP contribution is 2.28. The van der Waals surface area contributed by atoms with Crippen LogP contribution < -0.4 is 15.8 Å². The van der Waals surface area contributed by atoms with Gasteiger partial charge in [-0.25, -0.2) is 19.2 Å². The normalized spacial score (nSPS) is 16.6. The number of nitrogens with two attached hydrogens (primary N) is 1. The van der Waals surface area contributed by atoms with E-state index in [-0.39, 0.29) is 34.9 Å². The van der Waals surface area contributed by atoms with Gasteiger partial charge in [0.05, 0.1) is 11.0 Å². The van der Waals surface area contributed by atoms with E-state index in [0.717, 1.165) is 30.9 Å². The predicted molar refractivity (Wildman–Crippen MR) is 102 cm³/mol. The number of halogens is 1. The van der Waals surface area contributed by atoms with Gasteiger partial charge in [-0.3, -0.25) is 15.4 Å². The van der Waals surface area contributed by atoms with Crippen molar-refractivity contribution in [2.24, 2.45) is 11.7 Å². The summed E-state index contributed by atoms with van der Waals surface area (Å²) in [5.74, 6) is -0.791. The number of nitrogens with zero attached hydrogens (tertiary/aromatic N) is 4.